The molecule has 0 aromatic heterocycles. The Balaban J connectivity index is 0. The fraction of sp³-hybridized carbons (Fsp3) is 1.00. The van der Waals surface area contributed by atoms with Gasteiger partial charge in [0.1, 0.15) is 0 Å². The molecule has 0 radical (unpaired) electrons. The molecule has 0 bridgehead atoms. The van der Waals surface area contributed by atoms with Crippen molar-refractivity contribution in [3.63, 3.8) is 0 Å². The van der Waals surface area contributed by atoms with E-state index in [1.165, 1.54) is 12.8 Å². The maximum atomic E-state index is 3.25. The molecule has 0 saturated carbocycles. The first-order chi connectivity index (χ1) is 4.18. The third-order valence-electron chi connectivity index (χ3n) is 0.866. The Morgan fingerprint density at radius 3 is 1.67 bits per heavy atom. The van der Waals surface area contributed by atoms with Gasteiger partial charge in [-0.05, 0) is 5.92 Å². The third-order valence-corrected chi connectivity index (χ3v) is 0.866. The number of hydrogen-bond donors (Lipinski definition) is 0. The van der Waals surface area contributed by atoms with Crippen LogP contribution in [0.4, 0.5) is 0 Å². The summed E-state index contributed by atoms with van der Waals surface area (Å²) < 4.78 is 0. The van der Waals surface area contributed by atoms with E-state index in [1.807, 2.05) is 0 Å². The molecule has 0 aliphatic heterocycles. The zero-order valence-electron chi connectivity index (χ0n) is 6.45. The van der Waals surface area contributed by atoms with Crippen molar-refractivity contribution < 1.29 is 13.2 Å². The molecule has 0 heterocycles. The van der Waals surface area contributed by atoms with E-state index in [-0.39, 0.29) is 13.2 Å². The molecule has 3 heteroatoms. The van der Waals surface area contributed by atoms with Crippen LogP contribution in [0.5, 0.6) is 0 Å². The van der Waals surface area contributed by atoms with Crippen LogP contribution >= 0.6 is 27.2 Å². The first-order valence-corrected chi connectivity index (χ1v) is 17.2. The van der Waals surface area contributed by atoms with Crippen molar-refractivity contribution in [2.75, 3.05) is 0 Å². The van der Waals surface area contributed by atoms with Gasteiger partial charge in [-0.1, -0.05) is 33.6 Å². The summed E-state index contributed by atoms with van der Waals surface area (Å²) in [6.45, 7) is 6.73. The van der Waals surface area contributed by atoms with E-state index in [0.29, 0.717) is 0 Å². The Bertz CT molecular complexity index is 40.0. The molecular formula is C6H14Br2Zn. The second-order valence-electron chi connectivity index (χ2n) is 2.28. The Labute approximate surface area is 79.5 Å². The van der Waals surface area contributed by atoms with Gasteiger partial charge in [-0.25, -0.2) is 0 Å². The molecule has 0 N–H and O–H groups in total. The monoisotopic (exact) mass is 308 g/mol. The summed E-state index contributed by atoms with van der Waals surface area (Å²) in [7, 11) is 0. The van der Waals surface area contributed by atoms with Crippen molar-refractivity contribution in [2.45, 2.75) is 33.6 Å². The summed E-state index contributed by atoms with van der Waals surface area (Å²) in [5.41, 5.74) is 0. The van der Waals surface area contributed by atoms with Crippen LogP contribution in [0.25, 0.3) is 0 Å². The van der Waals surface area contributed by atoms with Gasteiger partial charge in [0.25, 0.3) is 0 Å². The molecule has 0 spiro atoms. The van der Waals surface area contributed by atoms with E-state index < -0.39 is 0 Å². The van der Waals surface area contributed by atoms with Gasteiger partial charge in [0.2, 0.25) is 0 Å². The topological polar surface area (TPSA) is 0 Å². The molecule has 0 aliphatic rings. The minimum atomic E-state index is -0.250. The summed E-state index contributed by atoms with van der Waals surface area (Å²) in [5.74, 6) is 0.898. The molecule has 0 rings (SSSR count). The molecule has 0 aliphatic carbocycles. The summed E-state index contributed by atoms with van der Waals surface area (Å²) >= 11 is 6.25. The van der Waals surface area contributed by atoms with Gasteiger partial charge in [0.15, 0.2) is 0 Å². The fourth-order valence-corrected chi connectivity index (χ4v) is 0.577. The molecule has 0 unspecified atom stereocenters. The van der Waals surface area contributed by atoms with Crippen molar-refractivity contribution in [2.24, 2.45) is 5.92 Å². The average Bonchev–Trinajstić information content (AvgIpc) is 1.67. The van der Waals surface area contributed by atoms with Gasteiger partial charge in [0, 0.05) is 0 Å². The normalized spacial score (nSPS) is 7.78. The second-order valence-corrected chi connectivity index (χ2v) is 16.4. The first-order valence-electron chi connectivity index (χ1n) is 3.30. The van der Waals surface area contributed by atoms with Crippen LogP contribution in [-0.2, 0) is 13.2 Å². The Hall–Kier alpha value is 1.58. The Morgan fingerprint density at radius 2 is 1.67 bits per heavy atom. The number of rotatable bonds is 2. The van der Waals surface area contributed by atoms with Crippen LogP contribution in [-0.4, -0.2) is 0 Å². The molecule has 0 atom stereocenters. The van der Waals surface area contributed by atoms with E-state index in [4.69, 9.17) is 0 Å². The predicted molar refractivity (Wildman–Crippen MR) is 47.6 cm³/mol. The van der Waals surface area contributed by atoms with Gasteiger partial charge in [-0.15, -0.1) is 0 Å². The molecule has 0 saturated heterocycles. The Morgan fingerprint density at radius 1 is 1.33 bits per heavy atom. The van der Waals surface area contributed by atoms with Crippen LogP contribution < -0.4 is 0 Å². The summed E-state index contributed by atoms with van der Waals surface area (Å²) in [6, 6.07) is 0. The summed E-state index contributed by atoms with van der Waals surface area (Å²) in [5, 5.41) is 0. The molecule has 9 heavy (non-hydrogen) atoms. The van der Waals surface area contributed by atoms with E-state index in [0.717, 1.165) is 5.92 Å². The van der Waals surface area contributed by atoms with E-state index in [2.05, 4.69) is 48.0 Å². The van der Waals surface area contributed by atoms with Crippen molar-refractivity contribution >= 4 is 27.2 Å². The molecule has 0 nitrogen and oxygen atoms in total. The predicted octanol–water partition coefficient (Wildman–Crippen LogP) is 4.13. The van der Waals surface area contributed by atoms with Crippen molar-refractivity contribution in [3.05, 3.63) is 0 Å². The van der Waals surface area contributed by atoms with Gasteiger partial charge in [-0.2, -0.15) is 0 Å². The van der Waals surface area contributed by atoms with Gasteiger partial charge < -0.3 is 0 Å². The van der Waals surface area contributed by atoms with Crippen LogP contribution in [0.1, 0.15) is 33.6 Å². The van der Waals surface area contributed by atoms with E-state index in [9.17, 15) is 0 Å². The fourth-order valence-electron chi connectivity index (χ4n) is 0.577. The quantitative estimate of drug-likeness (QED) is 0.673. The van der Waals surface area contributed by atoms with Crippen LogP contribution in [0, 0.1) is 5.92 Å². The molecule has 0 aromatic carbocycles. The summed E-state index contributed by atoms with van der Waals surface area (Å²) in [6.07, 6.45) is 2.71. The third kappa shape index (κ3) is 26.2. The van der Waals surface area contributed by atoms with Gasteiger partial charge in [0.05, 0.1) is 0 Å². The van der Waals surface area contributed by atoms with E-state index in [1.54, 1.807) is 0 Å². The zero-order valence-corrected chi connectivity index (χ0v) is 12.6. The first kappa shape index (κ1) is 13.2. The van der Waals surface area contributed by atoms with E-state index >= 15 is 0 Å². The molecular weight excluding hydrogens is 297 g/mol. The number of halogens is 2. The van der Waals surface area contributed by atoms with Gasteiger partial charge in [-0.3, -0.25) is 0 Å². The second kappa shape index (κ2) is 12.3. The van der Waals surface area contributed by atoms with Crippen molar-refractivity contribution in [3.8, 4) is 0 Å². The maximum absolute atomic E-state index is 3.25. The Kier molecular flexibility index (Phi) is 18.0. The van der Waals surface area contributed by atoms with Crippen molar-refractivity contribution in [1.82, 2.24) is 0 Å². The molecule has 0 aromatic rings. The van der Waals surface area contributed by atoms with Crippen LogP contribution in [0.15, 0.2) is 0 Å². The van der Waals surface area contributed by atoms with Crippen molar-refractivity contribution in [1.29, 1.82) is 0 Å². The molecule has 54 valence electrons. The van der Waals surface area contributed by atoms with Gasteiger partial charge >= 0.3 is 40.5 Å². The minimum absolute atomic E-state index is 0.250. The SMILES string of the molecule is CCCC(C)C.[Br][Zn][Br]. The summed E-state index contributed by atoms with van der Waals surface area (Å²) in [4.78, 5) is 0. The average molecular weight is 311 g/mol. The number of hydrogen-bond acceptors (Lipinski definition) is 0. The molecule has 0 fully saturated rings. The standard InChI is InChI=1S/C6H14.2BrH.Zn/c1-4-5-6(2)3;;;/h6H,4-5H2,1-3H3;2*1H;/q;;;+2/p-2. The van der Waals surface area contributed by atoms with Crippen LogP contribution in [0.2, 0.25) is 0 Å². The van der Waals surface area contributed by atoms with Crippen LogP contribution in [0.3, 0.4) is 0 Å². The molecule has 0 amide bonds. The zero-order chi connectivity index (χ0) is 7.70.